The van der Waals surface area contributed by atoms with Crippen LogP contribution < -0.4 is 0 Å². The van der Waals surface area contributed by atoms with Gasteiger partial charge in [-0.2, -0.15) is 0 Å². The second-order valence-corrected chi connectivity index (χ2v) is 6.77. The highest BCUT2D eigenvalue weighted by atomic mass is 16.2. The van der Waals surface area contributed by atoms with E-state index in [4.69, 9.17) is 0 Å². The minimum Gasteiger partial charge on any atom is -0.337 e. The molecule has 1 aliphatic heterocycles. The van der Waals surface area contributed by atoms with Crippen molar-refractivity contribution in [2.45, 2.75) is 39.2 Å². The minimum atomic E-state index is 0.176. The number of benzene rings is 1. The molecule has 1 saturated carbocycles. The van der Waals surface area contributed by atoms with Gasteiger partial charge in [-0.05, 0) is 75.4 Å². The summed E-state index contributed by atoms with van der Waals surface area (Å²) in [7, 11) is 1.99. The van der Waals surface area contributed by atoms with Gasteiger partial charge in [0.1, 0.15) is 0 Å². The van der Waals surface area contributed by atoms with Crippen LogP contribution in [-0.2, 0) is 0 Å². The van der Waals surface area contributed by atoms with E-state index in [2.05, 4.69) is 24.8 Å². The predicted octanol–water partition coefficient (Wildman–Crippen LogP) is 2.86. The first-order chi connectivity index (χ1) is 10.1. The summed E-state index contributed by atoms with van der Waals surface area (Å²) in [6.07, 6.45) is 3.87. The van der Waals surface area contributed by atoms with Crippen LogP contribution in [0.2, 0.25) is 0 Å². The molecule has 3 nitrogen and oxygen atoms in total. The third kappa shape index (κ3) is 3.13. The van der Waals surface area contributed by atoms with Crippen molar-refractivity contribution in [3.8, 4) is 0 Å². The van der Waals surface area contributed by atoms with E-state index >= 15 is 0 Å². The zero-order valence-electron chi connectivity index (χ0n) is 13.4. The smallest absolute Gasteiger partial charge is 0.253 e. The van der Waals surface area contributed by atoms with Crippen LogP contribution in [0.5, 0.6) is 0 Å². The summed E-state index contributed by atoms with van der Waals surface area (Å²) in [5.74, 6) is 0.890. The van der Waals surface area contributed by atoms with Crippen LogP contribution in [0.4, 0.5) is 0 Å². The number of carbonyl (C=O) groups is 1. The lowest BCUT2D eigenvalue weighted by atomic mass is 10.0. The quantitative estimate of drug-likeness (QED) is 0.831. The molecule has 1 amide bonds. The first kappa shape index (κ1) is 14.6. The van der Waals surface area contributed by atoms with Crippen molar-refractivity contribution in [2.75, 3.05) is 26.7 Å². The van der Waals surface area contributed by atoms with E-state index in [1.165, 1.54) is 43.5 Å². The largest absolute Gasteiger partial charge is 0.337 e. The SMILES string of the molecule is Cc1ccc(C(=O)N(C)[C@H](CN2CCC2)C2CC2)cc1C. The van der Waals surface area contributed by atoms with Gasteiger partial charge < -0.3 is 9.80 Å². The molecule has 21 heavy (non-hydrogen) atoms. The lowest BCUT2D eigenvalue weighted by Gasteiger charge is -2.38. The molecule has 114 valence electrons. The Bertz CT molecular complexity index is 532. The molecule has 0 radical (unpaired) electrons. The summed E-state index contributed by atoms with van der Waals surface area (Å²) in [4.78, 5) is 17.3. The van der Waals surface area contributed by atoms with Gasteiger partial charge in [0.2, 0.25) is 0 Å². The Morgan fingerprint density at radius 3 is 2.52 bits per heavy atom. The molecule has 0 aromatic heterocycles. The lowest BCUT2D eigenvalue weighted by Crippen LogP contribution is -2.50. The third-order valence-corrected chi connectivity index (χ3v) is 5.13. The molecule has 3 rings (SSSR count). The van der Waals surface area contributed by atoms with E-state index in [0.29, 0.717) is 12.0 Å². The van der Waals surface area contributed by atoms with E-state index in [1.807, 2.05) is 24.1 Å². The second-order valence-electron chi connectivity index (χ2n) is 6.77. The van der Waals surface area contributed by atoms with Gasteiger partial charge in [-0.15, -0.1) is 0 Å². The van der Waals surface area contributed by atoms with E-state index in [1.54, 1.807) is 0 Å². The highest BCUT2D eigenvalue weighted by Gasteiger charge is 2.37. The fraction of sp³-hybridized carbons (Fsp3) is 0.611. The Labute approximate surface area is 127 Å². The Hall–Kier alpha value is -1.35. The van der Waals surface area contributed by atoms with Crippen LogP contribution in [0.3, 0.4) is 0 Å². The molecule has 1 aromatic rings. The molecule has 1 aromatic carbocycles. The summed E-state index contributed by atoms with van der Waals surface area (Å²) >= 11 is 0. The fourth-order valence-electron chi connectivity index (χ4n) is 3.13. The topological polar surface area (TPSA) is 23.6 Å². The molecule has 0 unspecified atom stereocenters. The van der Waals surface area contributed by atoms with Gasteiger partial charge in [0.05, 0.1) is 0 Å². The van der Waals surface area contributed by atoms with Gasteiger partial charge in [0, 0.05) is 25.2 Å². The number of hydrogen-bond donors (Lipinski definition) is 0. The molecule has 0 bridgehead atoms. The number of hydrogen-bond acceptors (Lipinski definition) is 2. The Morgan fingerprint density at radius 1 is 1.29 bits per heavy atom. The molecule has 2 fully saturated rings. The zero-order valence-corrected chi connectivity index (χ0v) is 13.4. The maximum absolute atomic E-state index is 12.8. The average molecular weight is 286 g/mol. The van der Waals surface area contributed by atoms with Crippen molar-refractivity contribution in [3.05, 3.63) is 34.9 Å². The van der Waals surface area contributed by atoms with Gasteiger partial charge in [-0.25, -0.2) is 0 Å². The number of likely N-dealkylation sites (tertiary alicyclic amines) is 1. The van der Waals surface area contributed by atoms with Gasteiger partial charge in [0.25, 0.3) is 5.91 Å². The number of likely N-dealkylation sites (N-methyl/N-ethyl adjacent to an activating group) is 1. The molecule has 0 spiro atoms. The van der Waals surface area contributed by atoms with E-state index < -0.39 is 0 Å². The maximum atomic E-state index is 12.8. The van der Waals surface area contributed by atoms with E-state index in [-0.39, 0.29) is 5.91 Å². The van der Waals surface area contributed by atoms with Gasteiger partial charge >= 0.3 is 0 Å². The molecule has 1 aliphatic carbocycles. The predicted molar refractivity (Wildman–Crippen MR) is 85.6 cm³/mol. The molecule has 3 heteroatoms. The van der Waals surface area contributed by atoms with Crippen LogP contribution in [0, 0.1) is 19.8 Å². The van der Waals surface area contributed by atoms with Crippen molar-refractivity contribution in [1.82, 2.24) is 9.80 Å². The van der Waals surface area contributed by atoms with Crippen LogP contribution in [0.15, 0.2) is 18.2 Å². The number of carbonyl (C=O) groups excluding carboxylic acids is 1. The zero-order chi connectivity index (χ0) is 15.0. The van der Waals surface area contributed by atoms with Gasteiger partial charge in [-0.1, -0.05) is 6.07 Å². The molecule has 1 saturated heterocycles. The molecule has 0 N–H and O–H groups in total. The summed E-state index contributed by atoms with van der Waals surface area (Å²) in [5, 5.41) is 0. The Balaban J connectivity index is 1.72. The number of aryl methyl sites for hydroxylation is 2. The molecular formula is C18H26N2O. The first-order valence-corrected chi connectivity index (χ1v) is 8.13. The Kier molecular flexibility index (Phi) is 4.03. The van der Waals surface area contributed by atoms with Crippen molar-refractivity contribution in [2.24, 2.45) is 5.92 Å². The maximum Gasteiger partial charge on any atom is 0.253 e. The van der Waals surface area contributed by atoms with Crippen molar-refractivity contribution in [1.29, 1.82) is 0 Å². The number of nitrogens with zero attached hydrogens (tertiary/aromatic N) is 2. The Morgan fingerprint density at radius 2 is 2.00 bits per heavy atom. The molecule has 1 atom stereocenters. The summed E-state index contributed by atoms with van der Waals surface area (Å²) in [6.45, 7) is 7.62. The highest BCUT2D eigenvalue weighted by molar-refractivity contribution is 5.94. The van der Waals surface area contributed by atoms with Crippen molar-refractivity contribution < 1.29 is 4.79 Å². The fourth-order valence-corrected chi connectivity index (χ4v) is 3.13. The summed E-state index contributed by atoms with van der Waals surface area (Å²) in [6, 6.07) is 6.44. The molecule has 1 heterocycles. The van der Waals surface area contributed by atoms with Crippen LogP contribution in [0.25, 0.3) is 0 Å². The van der Waals surface area contributed by atoms with E-state index in [9.17, 15) is 4.79 Å². The van der Waals surface area contributed by atoms with Crippen molar-refractivity contribution >= 4 is 5.91 Å². The van der Waals surface area contributed by atoms with Crippen LogP contribution >= 0.6 is 0 Å². The highest BCUT2D eigenvalue weighted by Crippen LogP contribution is 2.36. The number of amides is 1. The summed E-state index contributed by atoms with van der Waals surface area (Å²) < 4.78 is 0. The minimum absolute atomic E-state index is 0.176. The van der Waals surface area contributed by atoms with Crippen LogP contribution in [0.1, 0.15) is 40.7 Å². The molecular weight excluding hydrogens is 260 g/mol. The van der Waals surface area contributed by atoms with E-state index in [0.717, 1.165) is 12.1 Å². The van der Waals surface area contributed by atoms with Crippen molar-refractivity contribution in [3.63, 3.8) is 0 Å². The second kappa shape index (κ2) is 5.80. The summed E-state index contributed by atoms with van der Waals surface area (Å²) in [5.41, 5.74) is 3.27. The van der Waals surface area contributed by atoms with Gasteiger partial charge in [0.15, 0.2) is 0 Å². The lowest BCUT2D eigenvalue weighted by molar-refractivity contribution is 0.0607. The standard InChI is InChI=1S/C18H26N2O/c1-13-5-6-16(11-14(13)2)18(21)19(3)17(15-7-8-15)12-20-9-4-10-20/h5-6,11,15,17H,4,7-10,12H2,1-3H3/t17-/m1/s1. The third-order valence-electron chi connectivity index (χ3n) is 5.13. The van der Waals surface area contributed by atoms with Crippen LogP contribution in [-0.4, -0.2) is 48.4 Å². The normalized spacial score (nSPS) is 20.0. The number of rotatable bonds is 5. The first-order valence-electron chi connectivity index (χ1n) is 8.13. The van der Waals surface area contributed by atoms with Gasteiger partial charge in [-0.3, -0.25) is 4.79 Å². The average Bonchev–Trinajstić information content (AvgIpc) is 3.24. The monoisotopic (exact) mass is 286 g/mol. The molecule has 2 aliphatic rings.